The van der Waals surface area contributed by atoms with E-state index in [0.29, 0.717) is 0 Å². The highest BCUT2D eigenvalue weighted by Crippen LogP contribution is 2.36. The molecule has 2 aromatic rings. The summed E-state index contributed by atoms with van der Waals surface area (Å²) in [6.07, 6.45) is 1.12. The van der Waals surface area contributed by atoms with Crippen LogP contribution in [0.1, 0.15) is 37.6 Å². The molecule has 0 aliphatic rings. The van der Waals surface area contributed by atoms with E-state index in [1.54, 1.807) is 0 Å². The number of fused-ring (bicyclic) bond motifs is 1. The molecule has 0 amide bonds. The lowest BCUT2D eigenvalue weighted by molar-refractivity contribution is 0.448. The molecule has 0 saturated heterocycles. The normalized spacial score (nSPS) is 13.2. The Balaban J connectivity index is 2.47. The highest BCUT2D eigenvalue weighted by atomic mass is 79.9. The molecule has 1 unspecified atom stereocenters. The molecule has 1 atom stereocenters. The van der Waals surface area contributed by atoms with Crippen LogP contribution in [-0.4, -0.2) is 6.54 Å². The van der Waals surface area contributed by atoms with E-state index in [9.17, 15) is 0 Å². The molecule has 0 bridgehead atoms. The standard InChI is InChI=1S/C14H17Br2NO/c1-4-5-17-9(3)13-8(2)11-6-10(15)7-12(16)14(11)18-13/h6-7,9,17H,4-5H2,1-3H3. The largest absolute Gasteiger partial charge is 0.458 e. The molecule has 0 aliphatic heterocycles. The summed E-state index contributed by atoms with van der Waals surface area (Å²) in [5, 5.41) is 4.63. The van der Waals surface area contributed by atoms with Gasteiger partial charge >= 0.3 is 0 Å². The fraction of sp³-hybridized carbons (Fsp3) is 0.429. The van der Waals surface area contributed by atoms with E-state index in [0.717, 1.165) is 38.6 Å². The number of furan rings is 1. The van der Waals surface area contributed by atoms with Crippen molar-refractivity contribution in [1.82, 2.24) is 5.32 Å². The minimum atomic E-state index is 0.239. The van der Waals surface area contributed by atoms with Crippen molar-refractivity contribution in [2.24, 2.45) is 0 Å². The van der Waals surface area contributed by atoms with Crippen molar-refractivity contribution in [2.45, 2.75) is 33.2 Å². The van der Waals surface area contributed by atoms with Gasteiger partial charge in [0.15, 0.2) is 0 Å². The molecule has 1 N–H and O–H groups in total. The molecule has 98 valence electrons. The number of hydrogen-bond acceptors (Lipinski definition) is 2. The van der Waals surface area contributed by atoms with Crippen molar-refractivity contribution in [3.05, 3.63) is 32.4 Å². The van der Waals surface area contributed by atoms with Gasteiger partial charge < -0.3 is 9.73 Å². The molecule has 1 aromatic heterocycles. The van der Waals surface area contributed by atoms with E-state index < -0.39 is 0 Å². The smallest absolute Gasteiger partial charge is 0.148 e. The maximum atomic E-state index is 6.01. The van der Waals surface area contributed by atoms with Gasteiger partial charge in [0.05, 0.1) is 10.5 Å². The molecule has 2 rings (SSSR count). The molecule has 1 heterocycles. The lowest BCUT2D eigenvalue weighted by Gasteiger charge is -2.11. The maximum Gasteiger partial charge on any atom is 0.148 e. The maximum absolute atomic E-state index is 6.01. The zero-order valence-electron chi connectivity index (χ0n) is 10.8. The van der Waals surface area contributed by atoms with Crippen LogP contribution in [0.4, 0.5) is 0 Å². The van der Waals surface area contributed by atoms with Crippen molar-refractivity contribution in [3.63, 3.8) is 0 Å². The third kappa shape index (κ3) is 2.65. The van der Waals surface area contributed by atoms with Crippen molar-refractivity contribution in [2.75, 3.05) is 6.54 Å². The van der Waals surface area contributed by atoms with Gasteiger partial charge in [0.1, 0.15) is 11.3 Å². The number of aryl methyl sites for hydroxylation is 1. The fourth-order valence-corrected chi connectivity index (χ4v) is 3.43. The van der Waals surface area contributed by atoms with E-state index in [1.807, 2.05) is 6.07 Å². The van der Waals surface area contributed by atoms with Gasteiger partial charge in [-0.15, -0.1) is 0 Å². The Bertz CT molecular complexity index is 562. The first kappa shape index (κ1) is 14.1. The molecular formula is C14H17Br2NO. The number of nitrogens with one attached hydrogen (secondary N) is 1. The van der Waals surface area contributed by atoms with E-state index in [1.165, 1.54) is 5.56 Å². The van der Waals surface area contributed by atoms with Crippen molar-refractivity contribution in [1.29, 1.82) is 0 Å². The highest BCUT2D eigenvalue weighted by molar-refractivity contribution is 9.11. The number of hydrogen-bond donors (Lipinski definition) is 1. The highest BCUT2D eigenvalue weighted by Gasteiger charge is 2.17. The van der Waals surface area contributed by atoms with Crippen LogP contribution < -0.4 is 5.32 Å². The Kier molecular flexibility index (Phi) is 4.51. The average molecular weight is 375 g/mol. The lowest BCUT2D eigenvalue weighted by Crippen LogP contribution is -2.19. The number of halogens is 2. The Morgan fingerprint density at radius 1 is 1.33 bits per heavy atom. The van der Waals surface area contributed by atoms with Gasteiger partial charge in [-0.25, -0.2) is 0 Å². The topological polar surface area (TPSA) is 25.2 Å². The van der Waals surface area contributed by atoms with Crippen LogP contribution in [0.15, 0.2) is 25.5 Å². The summed E-state index contributed by atoms with van der Waals surface area (Å²) in [5.74, 6) is 1.03. The lowest BCUT2D eigenvalue weighted by atomic mass is 10.1. The minimum absolute atomic E-state index is 0.239. The number of benzene rings is 1. The molecule has 18 heavy (non-hydrogen) atoms. The second-order valence-corrected chi connectivity index (χ2v) is 6.30. The van der Waals surface area contributed by atoms with Crippen LogP contribution in [0.5, 0.6) is 0 Å². The molecule has 0 fully saturated rings. The minimum Gasteiger partial charge on any atom is -0.458 e. The van der Waals surface area contributed by atoms with E-state index in [2.05, 4.69) is 64.0 Å². The van der Waals surface area contributed by atoms with Gasteiger partial charge in [0, 0.05) is 15.4 Å². The third-order valence-electron chi connectivity index (χ3n) is 3.09. The molecule has 0 spiro atoms. The van der Waals surface area contributed by atoms with Crippen LogP contribution in [0, 0.1) is 6.92 Å². The van der Waals surface area contributed by atoms with Gasteiger partial charge in [-0.1, -0.05) is 22.9 Å². The first-order chi connectivity index (χ1) is 8.54. The average Bonchev–Trinajstić information content (AvgIpc) is 2.65. The van der Waals surface area contributed by atoms with Gasteiger partial charge in [-0.2, -0.15) is 0 Å². The summed E-state index contributed by atoms with van der Waals surface area (Å²) >= 11 is 7.07. The van der Waals surface area contributed by atoms with Crippen molar-refractivity contribution >= 4 is 42.8 Å². The Morgan fingerprint density at radius 2 is 2.06 bits per heavy atom. The Labute approximate surface area is 124 Å². The quantitative estimate of drug-likeness (QED) is 0.782. The molecular weight excluding hydrogens is 358 g/mol. The molecule has 1 aromatic carbocycles. The second kappa shape index (κ2) is 5.76. The summed E-state index contributed by atoms with van der Waals surface area (Å²) in [4.78, 5) is 0. The third-order valence-corrected chi connectivity index (χ3v) is 4.13. The Morgan fingerprint density at radius 3 is 2.72 bits per heavy atom. The van der Waals surface area contributed by atoms with E-state index in [-0.39, 0.29) is 6.04 Å². The van der Waals surface area contributed by atoms with Crippen LogP contribution >= 0.6 is 31.9 Å². The predicted octanol–water partition coefficient (Wildman–Crippen LogP) is 5.33. The van der Waals surface area contributed by atoms with Crippen LogP contribution in [0.2, 0.25) is 0 Å². The Hall–Kier alpha value is -0.320. The first-order valence-electron chi connectivity index (χ1n) is 6.16. The second-order valence-electron chi connectivity index (χ2n) is 4.53. The van der Waals surface area contributed by atoms with Crippen LogP contribution in [0.25, 0.3) is 11.0 Å². The molecule has 0 radical (unpaired) electrons. The summed E-state index contributed by atoms with van der Waals surface area (Å²) in [5.41, 5.74) is 2.14. The van der Waals surface area contributed by atoms with Gasteiger partial charge in [-0.05, 0) is 54.9 Å². The van der Waals surface area contributed by atoms with Crippen LogP contribution in [-0.2, 0) is 0 Å². The van der Waals surface area contributed by atoms with E-state index >= 15 is 0 Å². The van der Waals surface area contributed by atoms with Crippen molar-refractivity contribution < 1.29 is 4.42 Å². The fourth-order valence-electron chi connectivity index (χ4n) is 2.13. The zero-order valence-corrected chi connectivity index (χ0v) is 14.0. The molecule has 0 saturated carbocycles. The first-order valence-corrected chi connectivity index (χ1v) is 7.74. The molecule has 4 heteroatoms. The summed E-state index contributed by atoms with van der Waals surface area (Å²) < 4.78 is 8.06. The van der Waals surface area contributed by atoms with Crippen molar-refractivity contribution in [3.8, 4) is 0 Å². The summed E-state index contributed by atoms with van der Waals surface area (Å²) in [7, 11) is 0. The predicted molar refractivity (Wildman–Crippen MR) is 83.1 cm³/mol. The molecule has 0 aliphatic carbocycles. The summed E-state index contributed by atoms with van der Waals surface area (Å²) in [6, 6.07) is 4.36. The van der Waals surface area contributed by atoms with Gasteiger partial charge in [0.2, 0.25) is 0 Å². The summed E-state index contributed by atoms with van der Waals surface area (Å²) in [6.45, 7) is 7.43. The van der Waals surface area contributed by atoms with E-state index in [4.69, 9.17) is 4.42 Å². The SMILES string of the molecule is CCCNC(C)c1oc2c(Br)cc(Br)cc2c1C. The van der Waals surface area contributed by atoms with Gasteiger partial charge in [-0.3, -0.25) is 0 Å². The molecule has 2 nitrogen and oxygen atoms in total. The monoisotopic (exact) mass is 373 g/mol. The zero-order chi connectivity index (χ0) is 13.3. The number of rotatable bonds is 4. The van der Waals surface area contributed by atoms with Crippen LogP contribution in [0.3, 0.4) is 0 Å². The van der Waals surface area contributed by atoms with Gasteiger partial charge in [0.25, 0.3) is 0 Å².